The maximum Gasteiger partial charge on any atom is 0.256 e. The van der Waals surface area contributed by atoms with E-state index in [1.54, 1.807) is 55.3 Å². The lowest BCUT2D eigenvalue weighted by Gasteiger charge is -2.14. The van der Waals surface area contributed by atoms with Crippen molar-refractivity contribution in [3.05, 3.63) is 78.6 Å². The molecule has 0 unspecified atom stereocenters. The van der Waals surface area contributed by atoms with E-state index < -0.39 is 0 Å². The van der Waals surface area contributed by atoms with Gasteiger partial charge in [0.1, 0.15) is 6.33 Å². The fourth-order valence-electron chi connectivity index (χ4n) is 3.81. The number of hydrogen-bond acceptors (Lipinski definition) is 9. The number of benzene rings is 3. The molecule has 0 bridgehead atoms. The molecule has 0 aliphatic carbocycles. The minimum Gasteiger partial charge on any atom is -0.493 e. The summed E-state index contributed by atoms with van der Waals surface area (Å²) in [6.45, 7) is 0. The topological polar surface area (TPSA) is 125 Å². The van der Waals surface area contributed by atoms with Gasteiger partial charge in [0.2, 0.25) is 11.7 Å². The standard InChI is InChI=1S/C26H23N7O4/c1-35-20-13-17(14-21(36-2)22(20)37-3)29-25-27-15-28-26(31-25)33-19-12-8-7-11-18(19)23(32-33)30-24(34)16-9-5-4-6-10-16/h4-15H,1-3H3,(H,30,32,34)(H,27,28,29,31). The second-order valence-electron chi connectivity index (χ2n) is 7.75. The van der Waals surface area contributed by atoms with Gasteiger partial charge in [0.05, 0.1) is 26.8 Å². The Labute approximate surface area is 212 Å². The Kier molecular flexibility index (Phi) is 6.49. The van der Waals surface area contributed by atoms with Crippen molar-refractivity contribution in [2.75, 3.05) is 32.0 Å². The predicted octanol–water partition coefficient (Wildman–Crippen LogP) is 4.23. The van der Waals surface area contributed by atoms with E-state index in [4.69, 9.17) is 14.2 Å². The van der Waals surface area contributed by atoms with E-state index in [9.17, 15) is 4.79 Å². The Morgan fingerprint density at radius 2 is 1.57 bits per heavy atom. The lowest BCUT2D eigenvalue weighted by atomic mass is 10.2. The van der Waals surface area contributed by atoms with Gasteiger partial charge >= 0.3 is 0 Å². The first-order valence-electron chi connectivity index (χ1n) is 11.2. The summed E-state index contributed by atoms with van der Waals surface area (Å²) >= 11 is 0. The number of para-hydroxylation sites is 1. The molecule has 5 aromatic rings. The highest BCUT2D eigenvalue weighted by molar-refractivity contribution is 6.08. The lowest BCUT2D eigenvalue weighted by molar-refractivity contribution is 0.102. The third-order valence-corrected chi connectivity index (χ3v) is 5.52. The van der Waals surface area contributed by atoms with E-state index in [1.165, 1.54) is 13.4 Å². The molecule has 1 amide bonds. The van der Waals surface area contributed by atoms with Gasteiger partial charge in [-0.15, -0.1) is 5.10 Å². The molecule has 2 N–H and O–H groups in total. The van der Waals surface area contributed by atoms with Crippen LogP contribution < -0.4 is 24.8 Å². The molecule has 0 aliphatic heterocycles. The Morgan fingerprint density at radius 1 is 0.865 bits per heavy atom. The first-order valence-corrected chi connectivity index (χ1v) is 11.2. The zero-order chi connectivity index (χ0) is 25.8. The smallest absolute Gasteiger partial charge is 0.256 e. The predicted molar refractivity (Wildman–Crippen MR) is 138 cm³/mol. The number of rotatable bonds is 8. The molecule has 0 atom stereocenters. The van der Waals surface area contributed by atoms with E-state index in [0.717, 1.165) is 10.9 Å². The molecule has 11 heteroatoms. The van der Waals surface area contributed by atoms with Crippen LogP contribution in [0, 0.1) is 0 Å². The minimum atomic E-state index is -0.267. The Morgan fingerprint density at radius 3 is 2.27 bits per heavy atom. The molecule has 0 saturated heterocycles. The number of methoxy groups -OCH3 is 3. The molecule has 37 heavy (non-hydrogen) atoms. The highest BCUT2D eigenvalue weighted by Crippen LogP contribution is 2.40. The normalized spacial score (nSPS) is 10.7. The van der Waals surface area contributed by atoms with Crippen LogP contribution in [0.3, 0.4) is 0 Å². The minimum absolute atomic E-state index is 0.265. The fraction of sp³-hybridized carbons (Fsp3) is 0.115. The van der Waals surface area contributed by atoms with Crippen molar-refractivity contribution in [1.82, 2.24) is 24.7 Å². The highest BCUT2D eigenvalue weighted by atomic mass is 16.5. The van der Waals surface area contributed by atoms with E-state index in [0.29, 0.717) is 34.3 Å². The number of aromatic nitrogens is 5. The second kappa shape index (κ2) is 10.2. The first kappa shape index (κ1) is 23.5. The molecule has 2 heterocycles. The number of nitrogens with one attached hydrogen (secondary N) is 2. The number of hydrogen-bond donors (Lipinski definition) is 2. The van der Waals surface area contributed by atoms with Gasteiger partial charge in [0.15, 0.2) is 17.3 Å². The lowest BCUT2D eigenvalue weighted by Crippen LogP contribution is -2.13. The van der Waals surface area contributed by atoms with Crippen LogP contribution in [0.5, 0.6) is 17.2 Å². The van der Waals surface area contributed by atoms with Gasteiger partial charge < -0.3 is 24.8 Å². The zero-order valence-electron chi connectivity index (χ0n) is 20.3. The van der Waals surface area contributed by atoms with Crippen LogP contribution in [0.15, 0.2) is 73.1 Å². The average Bonchev–Trinajstić information content (AvgIpc) is 3.31. The van der Waals surface area contributed by atoms with E-state index >= 15 is 0 Å². The number of carbonyl (C=O) groups excluding carboxylic acids is 1. The maximum absolute atomic E-state index is 12.8. The van der Waals surface area contributed by atoms with E-state index in [1.807, 2.05) is 30.3 Å². The molecule has 5 rings (SSSR count). The summed E-state index contributed by atoms with van der Waals surface area (Å²) in [6, 6.07) is 19.9. The molecular weight excluding hydrogens is 474 g/mol. The molecule has 186 valence electrons. The quantitative estimate of drug-likeness (QED) is 0.324. The number of carbonyl (C=O) groups is 1. The Balaban J connectivity index is 1.49. The molecule has 0 spiro atoms. The third kappa shape index (κ3) is 4.69. The Bertz CT molecular complexity index is 1550. The number of anilines is 3. The zero-order valence-corrected chi connectivity index (χ0v) is 20.3. The van der Waals surface area contributed by atoms with Crippen molar-refractivity contribution in [2.24, 2.45) is 0 Å². The summed E-state index contributed by atoms with van der Waals surface area (Å²) in [5.74, 6) is 2.10. The molecule has 11 nitrogen and oxygen atoms in total. The van der Waals surface area contributed by atoms with Crippen LogP contribution in [-0.4, -0.2) is 52.0 Å². The van der Waals surface area contributed by atoms with Crippen LogP contribution in [0.2, 0.25) is 0 Å². The average molecular weight is 498 g/mol. The van der Waals surface area contributed by atoms with Gasteiger partial charge in [-0.25, -0.2) is 4.98 Å². The second-order valence-corrected chi connectivity index (χ2v) is 7.75. The summed E-state index contributed by atoms with van der Waals surface area (Å²) in [7, 11) is 4.62. The summed E-state index contributed by atoms with van der Waals surface area (Å²) in [5, 5.41) is 11.4. The molecule has 0 radical (unpaired) electrons. The molecular formula is C26H23N7O4. The molecule has 0 fully saturated rings. The molecule has 3 aromatic carbocycles. The number of nitrogens with zero attached hydrogens (tertiary/aromatic N) is 5. The number of fused-ring (bicyclic) bond motifs is 1. The van der Waals surface area contributed by atoms with Crippen molar-refractivity contribution in [3.63, 3.8) is 0 Å². The van der Waals surface area contributed by atoms with Crippen LogP contribution in [0.4, 0.5) is 17.5 Å². The van der Waals surface area contributed by atoms with Gasteiger partial charge in [-0.2, -0.15) is 14.6 Å². The summed E-state index contributed by atoms with van der Waals surface area (Å²) in [5.41, 5.74) is 1.86. The molecule has 2 aromatic heterocycles. The fourth-order valence-corrected chi connectivity index (χ4v) is 3.81. The van der Waals surface area contributed by atoms with Crippen LogP contribution >= 0.6 is 0 Å². The number of ether oxygens (including phenoxy) is 3. The van der Waals surface area contributed by atoms with Crippen LogP contribution in [0.1, 0.15) is 10.4 Å². The third-order valence-electron chi connectivity index (χ3n) is 5.52. The van der Waals surface area contributed by atoms with Gasteiger partial charge in [-0.1, -0.05) is 30.3 Å². The van der Waals surface area contributed by atoms with Crippen molar-refractivity contribution in [1.29, 1.82) is 0 Å². The van der Waals surface area contributed by atoms with Crippen molar-refractivity contribution >= 4 is 34.3 Å². The summed E-state index contributed by atoms with van der Waals surface area (Å²) in [6.07, 6.45) is 1.38. The van der Waals surface area contributed by atoms with Gasteiger partial charge in [0, 0.05) is 28.8 Å². The van der Waals surface area contributed by atoms with Gasteiger partial charge in [0.25, 0.3) is 11.9 Å². The van der Waals surface area contributed by atoms with E-state index in [-0.39, 0.29) is 17.8 Å². The van der Waals surface area contributed by atoms with Crippen molar-refractivity contribution in [2.45, 2.75) is 0 Å². The number of amides is 1. The van der Waals surface area contributed by atoms with Gasteiger partial charge in [-0.05, 0) is 24.3 Å². The molecule has 0 aliphatic rings. The largest absolute Gasteiger partial charge is 0.493 e. The van der Waals surface area contributed by atoms with Crippen LogP contribution in [-0.2, 0) is 0 Å². The van der Waals surface area contributed by atoms with Crippen molar-refractivity contribution in [3.8, 4) is 23.2 Å². The summed E-state index contributed by atoms with van der Waals surface area (Å²) in [4.78, 5) is 25.8. The van der Waals surface area contributed by atoms with E-state index in [2.05, 4.69) is 30.7 Å². The maximum atomic E-state index is 12.8. The molecule has 0 saturated carbocycles. The highest BCUT2D eigenvalue weighted by Gasteiger charge is 2.18. The monoisotopic (exact) mass is 497 g/mol. The first-order chi connectivity index (χ1) is 18.1. The van der Waals surface area contributed by atoms with Crippen molar-refractivity contribution < 1.29 is 19.0 Å². The van der Waals surface area contributed by atoms with Gasteiger partial charge in [-0.3, -0.25) is 4.79 Å². The summed E-state index contributed by atoms with van der Waals surface area (Å²) < 4.78 is 17.8. The van der Waals surface area contributed by atoms with Crippen LogP contribution in [0.25, 0.3) is 16.9 Å². The SMILES string of the molecule is COc1cc(Nc2ncnc(-n3nc(NC(=O)c4ccccc4)c4ccccc43)n2)cc(OC)c1OC. The Hall–Kier alpha value is -5.19.